The Morgan fingerprint density at radius 1 is 1.11 bits per heavy atom. The minimum absolute atomic E-state index is 0.201. The molecule has 4 heterocycles. The van der Waals surface area contributed by atoms with Crippen LogP contribution < -0.4 is 25.3 Å². The summed E-state index contributed by atoms with van der Waals surface area (Å²) in [6.07, 6.45) is 2.11. The van der Waals surface area contributed by atoms with Crippen molar-refractivity contribution in [3.8, 4) is 0 Å². The lowest BCUT2D eigenvalue weighted by Gasteiger charge is -2.36. The molecule has 0 spiro atoms. The van der Waals surface area contributed by atoms with Gasteiger partial charge >= 0.3 is 6.09 Å². The molecule has 198 valence electrons. The molecule has 2 aliphatic heterocycles. The molecule has 0 bridgehead atoms. The zero-order valence-electron chi connectivity index (χ0n) is 21.0. The average molecular weight is 521 g/mol. The highest BCUT2D eigenvalue weighted by atomic mass is 19.1. The Bertz CT molecular complexity index is 1290. The predicted octanol–water partition coefficient (Wildman–Crippen LogP) is 2.41. The highest BCUT2D eigenvalue weighted by molar-refractivity contribution is 5.89. The second-order valence-corrected chi connectivity index (χ2v) is 9.10. The van der Waals surface area contributed by atoms with E-state index >= 15 is 4.39 Å². The highest BCUT2D eigenvalue weighted by Gasteiger charge is 2.33. The topological polar surface area (TPSA) is 116 Å². The highest BCUT2D eigenvalue weighted by Crippen LogP contribution is 2.27. The van der Waals surface area contributed by atoms with Crippen LogP contribution in [-0.4, -0.2) is 72.3 Å². The maximum absolute atomic E-state index is 15.1. The number of hydrogen-bond donors (Lipinski definition) is 2. The molecule has 2 N–H and O–H groups in total. The van der Waals surface area contributed by atoms with Gasteiger partial charge < -0.3 is 25.2 Å². The zero-order valence-corrected chi connectivity index (χ0v) is 21.0. The number of halogens is 1. The number of cyclic esters (lactones) is 1. The van der Waals surface area contributed by atoms with Crippen molar-refractivity contribution in [1.29, 1.82) is 0 Å². The Labute approximate surface area is 219 Å². The number of nitrogens with zero attached hydrogens (tertiary/aromatic N) is 6. The number of aromatic nitrogens is 3. The van der Waals surface area contributed by atoms with Crippen LogP contribution in [0.2, 0.25) is 0 Å². The number of anilines is 4. The van der Waals surface area contributed by atoms with E-state index in [1.807, 2.05) is 41.3 Å². The summed E-state index contributed by atoms with van der Waals surface area (Å²) < 4.78 is 20.3. The van der Waals surface area contributed by atoms with Gasteiger partial charge in [-0.05, 0) is 11.6 Å². The van der Waals surface area contributed by atoms with E-state index in [4.69, 9.17) is 4.74 Å². The minimum Gasteiger partial charge on any atom is -0.442 e. The van der Waals surface area contributed by atoms with E-state index in [-0.39, 0.29) is 24.8 Å². The van der Waals surface area contributed by atoms with Crippen molar-refractivity contribution in [3.05, 3.63) is 66.2 Å². The minimum atomic E-state index is -0.592. The Balaban J connectivity index is 1.17. The Kier molecular flexibility index (Phi) is 7.47. The molecule has 11 nitrogen and oxygen atoms in total. The molecule has 1 aromatic carbocycles. The molecule has 2 aliphatic rings. The number of nitrogens with one attached hydrogen (secondary N) is 2. The van der Waals surface area contributed by atoms with Gasteiger partial charge in [0, 0.05) is 51.9 Å². The lowest BCUT2D eigenvalue weighted by Crippen LogP contribution is -2.47. The van der Waals surface area contributed by atoms with Gasteiger partial charge in [-0.15, -0.1) is 0 Å². The van der Waals surface area contributed by atoms with Crippen molar-refractivity contribution in [3.63, 3.8) is 0 Å². The van der Waals surface area contributed by atoms with E-state index in [9.17, 15) is 9.59 Å². The van der Waals surface area contributed by atoms with Crippen LogP contribution in [0.4, 0.5) is 32.5 Å². The van der Waals surface area contributed by atoms with Crippen molar-refractivity contribution in [2.24, 2.45) is 0 Å². The Morgan fingerprint density at radius 3 is 2.61 bits per heavy atom. The van der Waals surface area contributed by atoms with Crippen molar-refractivity contribution in [2.45, 2.75) is 19.6 Å². The lowest BCUT2D eigenvalue weighted by molar-refractivity contribution is -0.119. The number of carbonyl (C=O) groups is 2. The SMILES string of the molecule is CC(=O)NC[C@H]1CN(c2cnc(N3CCN(c4ccnc(NCc5ccccc5)n4)CC3)c(F)c2)C(=O)O1. The molecule has 0 radical (unpaired) electrons. The van der Waals surface area contributed by atoms with Gasteiger partial charge in [-0.25, -0.2) is 19.2 Å². The number of piperazine rings is 1. The largest absolute Gasteiger partial charge is 0.442 e. The summed E-state index contributed by atoms with van der Waals surface area (Å²) in [6, 6.07) is 13.2. The summed E-state index contributed by atoms with van der Waals surface area (Å²) >= 11 is 0. The number of ether oxygens (including phenoxy) is 1. The molecular weight excluding hydrogens is 491 g/mol. The molecule has 0 aliphatic carbocycles. The summed E-state index contributed by atoms with van der Waals surface area (Å²) in [7, 11) is 0. The third-order valence-electron chi connectivity index (χ3n) is 6.41. The van der Waals surface area contributed by atoms with Crippen LogP contribution >= 0.6 is 0 Å². The monoisotopic (exact) mass is 520 g/mol. The van der Waals surface area contributed by atoms with Crippen molar-refractivity contribution in [2.75, 3.05) is 59.3 Å². The van der Waals surface area contributed by atoms with E-state index in [0.717, 1.165) is 11.4 Å². The van der Waals surface area contributed by atoms with E-state index in [1.54, 1.807) is 6.20 Å². The van der Waals surface area contributed by atoms with Crippen LogP contribution in [0.5, 0.6) is 0 Å². The Morgan fingerprint density at radius 2 is 1.87 bits per heavy atom. The molecule has 12 heteroatoms. The molecule has 5 rings (SSSR count). The number of amides is 2. The molecule has 1 atom stereocenters. The third kappa shape index (κ3) is 5.90. The maximum atomic E-state index is 15.1. The maximum Gasteiger partial charge on any atom is 0.414 e. The fraction of sp³-hybridized carbons (Fsp3) is 0.346. The van der Waals surface area contributed by atoms with Gasteiger partial charge in [-0.3, -0.25) is 9.69 Å². The molecule has 3 aromatic rings. The predicted molar refractivity (Wildman–Crippen MR) is 141 cm³/mol. The lowest BCUT2D eigenvalue weighted by atomic mass is 10.2. The van der Waals surface area contributed by atoms with Crippen LogP contribution in [0, 0.1) is 5.82 Å². The average Bonchev–Trinajstić information content (AvgIpc) is 3.32. The normalized spacial score (nSPS) is 17.4. The van der Waals surface area contributed by atoms with Crippen LogP contribution in [0.15, 0.2) is 54.9 Å². The van der Waals surface area contributed by atoms with Crippen molar-refractivity contribution >= 4 is 35.3 Å². The number of hydrogen-bond acceptors (Lipinski definition) is 9. The Hall–Kier alpha value is -4.48. The molecule has 2 aromatic heterocycles. The first-order valence-electron chi connectivity index (χ1n) is 12.4. The zero-order chi connectivity index (χ0) is 26.5. The first-order valence-corrected chi connectivity index (χ1v) is 12.4. The van der Waals surface area contributed by atoms with Gasteiger partial charge in [0.1, 0.15) is 11.9 Å². The third-order valence-corrected chi connectivity index (χ3v) is 6.41. The van der Waals surface area contributed by atoms with E-state index in [2.05, 4.69) is 30.5 Å². The summed E-state index contributed by atoms with van der Waals surface area (Å²) in [5.74, 6) is 0.876. The summed E-state index contributed by atoms with van der Waals surface area (Å²) in [5.41, 5.74) is 1.46. The molecular formula is C26H29FN8O3. The smallest absolute Gasteiger partial charge is 0.414 e. The first-order chi connectivity index (χ1) is 18.5. The van der Waals surface area contributed by atoms with Crippen LogP contribution in [0.3, 0.4) is 0 Å². The molecule has 2 amide bonds. The molecule has 0 unspecified atom stereocenters. The molecule has 0 saturated carbocycles. The van der Waals surface area contributed by atoms with E-state index < -0.39 is 18.0 Å². The number of pyridine rings is 1. The van der Waals surface area contributed by atoms with Gasteiger partial charge in [0.15, 0.2) is 11.6 Å². The summed E-state index contributed by atoms with van der Waals surface area (Å²) in [4.78, 5) is 42.0. The molecule has 2 fully saturated rings. The summed E-state index contributed by atoms with van der Waals surface area (Å²) in [5, 5.41) is 5.87. The standard InChI is InChI=1S/C26H29FN8O3/c1-18(36)29-16-21-17-35(26(37)38-21)20-13-22(27)24(30-15-20)34-11-9-33(10-12-34)23-7-8-28-25(32-23)31-14-19-5-3-2-4-6-19/h2-8,13,15,21H,9-12,14,16-17H2,1H3,(H,29,36)(H,28,31,32)/t21-/m0/s1. The van der Waals surface area contributed by atoms with Crippen LogP contribution in [-0.2, 0) is 16.1 Å². The number of rotatable bonds is 8. The van der Waals surface area contributed by atoms with E-state index in [0.29, 0.717) is 44.4 Å². The van der Waals surface area contributed by atoms with Gasteiger partial charge in [0.2, 0.25) is 11.9 Å². The van der Waals surface area contributed by atoms with Gasteiger partial charge in [-0.2, -0.15) is 4.98 Å². The second kappa shape index (κ2) is 11.3. The van der Waals surface area contributed by atoms with Gasteiger partial charge in [0.05, 0.1) is 25.0 Å². The molecule has 2 saturated heterocycles. The number of benzene rings is 1. The van der Waals surface area contributed by atoms with Crippen LogP contribution in [0.1, 0.15) is 12.5 Å². The quantitative estimate of drug-likeness (QED) is 0.462. The fourth-order valence-electron chi connectivity index (χ4n) is 4.43. The first kappa shape index (κ1) is 25.2. The fourth-order valence-corrected chi connectivity index (χ4v) is 4.43. The second-order valence-electron chi connectivity index (χ2n) is 9.10. The number of carbonyl (C=O) groups excluding carboxylic acids is 2. The van der Waals surface area contributed by atoms with Crippen molar-refractivity contribution < 1.29 is 18.7 Å². The van der Waals surface area contributed by atoms with Gasteiger partial charge in [-0.1, -0.05) is 30.3 Å². The van der Waals surface area contributed by atoms with Crippen molar-refractivity contribution in [1.82, 2.24) is 20.3 Å². The molecule has 38 heavy (non-hydrogen) atoms. The van der Waals surface area contributed by atoms with Crippen LogP contribution in [0.25, 0.3) is 0 Å². The van der Waals surface area contributed by atoms with E-state index in [1.165, 1.54) is 24.1 Å². The summed E-state index contributed by atoms with van der Waals surface area (Å²) in [6.45, 7) is 4.83. The van der Waals surface area contributed by atoms with Gasteiger partial charge in [0.25, 0.3) is 0 Å².